The summed E-state index contributed by atoms with van der Waals surface area (Å²) in [6.45, 7) is 7.91. The van der Waals surface area contributed by atoms with Gasteiger partial charge in [-0.3, -0.25) is 4.79 Å². The van der Waals surface area contributed by atoms with Gasteiger partial charge in [-0.25, -0.2) is 9.78 Å². The molecule has 0 aromatic carbocycles. The van der Waals surface area contributed by atoms with E-state index in [-0.39, 0.29) is 30.3 Å². The van der Waals surface area contributed by atoms with Crippen molar-refractivity contribution < 1.29 is 14.3 Å². The quantitative estimate of drug-likeness (QED) is 0.700. The van der Waals surface area contributed by atoms with E-state index in [1.165, 1.54) is 11.3 Å². The lowest BCUT2D eigenvalue weighted by Crippen LogP contribution is -2.30. The Hall–Kier alpha value is -1.18. The summed E-state index contributed by atoms with van der Waals surface area (Å²) in [5.41, 5.74) is 0.657. The lowest BCUT2D eigenvalue weighted by molar-refractivity contribution is -0.122. The van der Waals surface area contributed by atoms with E-state index in [9.17, 15) is 9.59 Å². The Morgan fingerprint density at radius 2 is 2.08 bits per heavy atom. The first-order valence-corrected chi connectivity index (χ1v) is 9.47. The van der Waals surface area contributed by atoms with Crippen molar-refractivity contribution in [2.24, 2.45) is 5.92 Å². The van der Waals surface area contributed by atoms with Gasteiger partial charge in [-0.05, 0) is 59.0 Å². The molecule has 8 heteroatoms. The van der Waals surface area contributed by atoms with E-state index in [4.69, 9.17) is 4.74 Å². The Morgan fingerprint density at radius 3 is 2.72 bits per heavy atom. The fourth-order valence-electron chi connectivity index (χ4n) is 2.87. The van der Waals surface area contributed by atoms with Crippen LogP contribution in [-0.2, 0) is 9.53 Å². The molecular weight excluding hydrogens is 362 g/mol. The van der Waals surface area contributed by atoms with Crippen molar-refractivity contribution in [3.8, 4) is 0 Å². The first-order valence-electron chi connectivity index (χ1n) is 8.65. The van der Waals surface area contributed by atoms with Crippen LogP contribution in [0.15, 0.2) is 0 Å². The molecular formula is C17H28ClN3O3S. The molecule has 1 unspecified atom stereocenters. The standard InChI is InChI=1S/C17H27N3O3S.ClH/c1-4-23-17(22)15-11(2)20-16(24-15)12(3)19-14(21)6-5-13-7-9-18-10-8-13;/h12-13,18H,4-10H2,1-3H3,(H,19,21);1H. The highest BCUT2D eigenvalue weighted by Crippen LogP contribution is 2.25. The largest absolute Gasteiger partial charge is 0.462 e. The van der Waals surface area contributed by atoms with Crippen LogP contribution in [0, 0.1) is 12.8 Å². The first kappa shape index (κ1) is 21.9. The van der Waals surface area contributed by atoms with Gasteiger partial charge in [-0.1, -0.05) is 0 Å². The number of hydrogen-bond donors (Lipinski definition) is 2. The van der Waals surface area contributed by atoms with Gasteiger partial charge >= 0.3 is 5.97 Å². The van der Waals surface area contributed by atoms with Gasteiger partial charge < -0.3 is 15.4 Å². The fourth-order valence-corrected chi connectivity index (χ4v) is 3.83. The summed E-state index contributed by atoms with van der Waals surface area (Å²) in [6.07, 6.45) is 3.78. The number of piperidine rings is 1. The number of nitrogens with zero attached hydrogens (tertiary/aromatic N) is 1. The number of ether oxygens (including phenoxy) is 1. The van der Waals surface area contributed by atoms with Crippen molar-refractivity contribution in [2.45, 2.75) is 52.5 Å². The third-order valence-electron chi connectivity index (χ3n) is 4.26. The average Bonchev–Trinajstić information content (AvgIpc) is 2.96. The lowest BCUT2D eigenvalue weighted by Gasteiger charge is -2.22. The van der Waals surface area contributed by atoms with Gasteiger partial charge in [0.2, 0.25) is 5.91 Å². The van der Waals surface area contributed by atoms with Crippen LogP contribution in [0.4, 0.5) is 0 Å². The molecule has 0 bridgehead atoms. The number of carbonyl (C=O) groups excluding carboxylic acids is 2. The molecule has 0 saturated carbocycles. The Kier molecular flexibility index (Phi) is 9.38. The van der Waals surface area contributed by atoms with E-state index in [2.05, 4.69) is 15.6 Å². The topological polar surface area (TPSA) is 80.3 Å². The summed E-state index contributed by atoms with van der Waals surface area (Å²) in [5, 5.41) is 7.07. The minimum Gasteiger partial charge on any atom is -0.462 e. The van der Waals surface area contributed by atoms with Crippen LogP contribution in [0.25, 0.3) is 0 Å². The zero-order valence-electron chi connectivity index (χ0n) is 15.1. The van der Waals surface area contributed by atoms with Crippen LogP contribution in [0.3, 0.4) is 0 Å². The molecule has 2 heterocycles. The van der Waals surface area contributed by atoms with E-state index in [1.807, 2.05) is 6.92 Å². The fraction of sp³-hybridized carbons (Fsp3) is 0.706. The molecule has 25 heavy (non-hydrogen) atoms. The van der Waals surface area contributed by atoms with E-state index in [1.54, 1.807) is 13.8 Å². The minimum absolute atomic E-state index is 0. The summed E-state index contributed by atoms with van der Waals surface area (Å²) in [4.78, 5) is 28.9. The van der Waals surface area contributed by atoms with Crippen molar-refractivity contribution in [2.75, 3.05) is 19.7 Å². The van der Waals surface area contributed by atoms with Crippen molar-refractivity contribution in [3.05, 3.63) is 15.6 Å². The predicted molar refractivity (Wildman–Crippen MR) is 101 cm³/mol. The molecule has 0 aliphatic carbocycles. The SMILES string of the molecule is CCOC(=O)c1sc(C(C)NC(=O)CCC2CCNCC2)nc1C.Cl. The maximum absolute atomic E-state index is 12.2. The van der Waals surface area contributed by atoms with Crippen LogP contribution in [0.2, 0.25) is 0 Å². The second kappa shape index (κ2) is 10.7. The smallest absolute Gasteiger partial charge is 0.350 e. The van der Waals surface area contributed by atoms with Crippen molar-refractivity contribution in [3.63, 3.8) is 0 Å². The van der Waals surface area contributed by atoms with Crippen LogP contribution in [-0.4, -0.2) is 36.6 Å². The normalized spacial score (nSPS) is 16.0. The van der Waals surface area contributed by atoms with Gasteiger partial charge in [0.05, 0.1) is 18.3 Å². The van der Waals surface area contributed by atoms with Crippen LogP contribution in [0.5, 0.6) is 0 Å². The summed E-state index contributed by atoms with van der Waals surface area (Å²) in [6, 6.07) is -0.197. The number of aromatic nitrogens is 1. The molecule has 2 rings (SSSR count). The highest BCUT2D eigenvalue weighted by molar-refractivity contribution is 7.13. The third kappa shape index (κ3) is 6.56. The highest BCUT2D eigenvalue weighted by Gasteiger charge is 2.21. The number of esters is 1. The van der Waals surface area contributed by atoms with Crippen molar-refractivity contribution in [1.82, 2.24) is 15.6 Å². The molecule has 1 aliphatic rings. The number of carbonyl (C=O) groups is 2. The third-order valence-corrected chi connectivity index (χ3v) is 5.58. The second-order valence-electron chi connectivity index (χ2n) is 6.21. The molecule has 1 aromatic rings. The lowest BCUT2D eigenvalue weighted by atomic mass is 9.93. The molecule has 6 nitrogen and oxygen atoms in total. The Morgan fingerprint density at radius 1 is 1.40 bits per heavy atom. The van der Waals surface area contributed by atoms with Gasteiger partial charge in [0, 0.05) is 6.42 Å². The van der Waals surface area contributed by atoms with Crippen LogP contribution >= 0.6 is 23.7 Å². The molecule has 142 valence electrons. The number of thiazole rings is 1. The summed E-state index contributed by atoms with van der Waals surface area (Å²) in [5.74, 6) is 0.347. The molecule has 0 radical (unpaired) electrons. The van der Waals surface area contributed by atoms with Crippen molar-refractivity contribution in [1.29, 1.82) is 0 Å². The number of halogens is 1. The van der Waals surface area contributed by atoms with Gasteiger partial charge in [0.15, 0.2) is 0 Å². The molecule has 1 aromatic heterocycles. The zero-order chi connectivity index (χ0) is 17.5. The van der Waals surface area contributed by atoms with E-state index < -0.39 is 0 Å². The second-order valence-corrected chi connectivity index (χ2v) is 7.24. The maximum atomic E-state index is 12.2. The van der Waals surface area contributed by atoms with Crippen LogP contribution in [0.1, 0.15) is 65.9 Å². The number of nitrogens with one attached hydrogen (secondary N) is 2. The number of aryl methyl sites for hydroxylation is 1. The predicted octanol–water partition coefficient (Wildman–Crippen LogP) is 3.01. The molecule has 1 amide bonds. The molecule has 1 aliphatic heterocycles. The van der Waals surface area contributed by atoms with Gasteiger partial charge in [-0.15, -0.1) is 23.7 Å². The molecule has 0 spiro atoms. The molecule has 2 N–H and O–H groups in total. The average molecular weight is 390 g/mol. The minimum atomic E-state index is -0.344. The number of rotatable bonds is 7. The van der Waals surface area contributed by atoms with E-state index in [0.717, 1.165) is 37.4 Å². The number of hydrogen-bond acceptors (Lipinski definition) is 6. The van der Waals surface area contributed by atoms with E-state index >= 15 is 0 Å². The van der Waals surface area contributed by atoms with E-state index in [0.29, 0.717) is 29.5 Å². The monoisotopic (exact) mass is 389 g/mol. The van der Waals surface area contributed by atoms with Crippen LogP contribution < -0.4 is 10.6 Å². The van der Waals surface area contributed by atoms with Gasteiger partial charge in [0.1, 0.15) is 9.88 Å². The molecule has 1 saturated heterocycles. The Balaban J connectivity index is 0.00000312. The summed E-state index contributed by atoms with van der Waals surface area (Å²) < 4.78 is 5.03. The van der Waals surface area contributed by atoms with Gasteiger partial charge in [0.25, 0.3) is 0 Å². The summed E-state index contributed by atoms with van der Waals surface area (Å²) >= 11 is 1.30. The maximum Gasteiger partial charge on any atom is 0.350 e. The highest BCUT2D eigenvalue weighted by atomic mass is 35.5. The Labute approximate surface area is 159 Å². The number of amides is 1. The van der Waals surface area contributed by atoms with Gasteiger partial charge in [-0.2, -0.15) is 0 Å². The first-order chi connectivity index (χ1) is 11.5. The molecule has 1 atom stereocenters. The van der Waals surface area contributed by atoms with Crippen molar-refractivity contribution >= 4 is 35.6 Å². The molecule has 1 fully saturated rings. The zero-order valence-corrected chi connectivity index (χ0v) is 16.7. The summed E-state index contributed by atoms with van der Waals surface area (Å²) in [7, 11) is 0. The Bertz CT molecular complexity index is 573.